The van der Waals surface area contributed by atoms with Crippen LogP contribution in [0.4, 0.5) is 4.39 Å². The van der Waals surface area contributed by atoms with Gasteiger partial charge < -0.3 is 4.74 Å². The molecule has 0 saturated carbocycles. The monoisotopic (exact) mass is 340 g/mol. The predicted molar refractivity (Wildman–Crippen MR) is 88.6 cm³/mol. The standard InChI is InChI=1S/C17H10ClFN4O/c18-14-7-2-1-6-12(14)15-13-9-20-17(21-16(13)23-22-15)24-11-5-3-4-10(19)8-11/h1-9H,(H,20,21,22,23). The van der Waals surface area contributed by atoms with E-state index in [1.54, 1.807) is 24.4 Å². The lowest BCUT2D eigenvalue weighted by molar-refractivity contribution is 0.440. The van der Waals surface area contributed by atoms with E-state index in [0.717, 1.165) is 16.6 Å². The maximum Gasteiger partial charge on any atom is 0.324 e. The first-order chi connectivity index (χ1) is 11.7. The SMILES string of the molecule is Fc1cccc(Oc2ncc3c(-c4ccccc4Cl)[nH]nc3n2)c1. The highest BCUT2D eigenvalue weighted by atomic mass is 35.5. The van der Waals surface area contributed by atoms with Gasteiger partial charge in [-0.1, -0.05) is 35.9 Å². The summed E-state index contributed by atoms with van der Waals surface area (Å²) in [5.74, 6) is -0.0782. The van der Waals surface area contributed by atoms with Crippen LogP contribution in [0.5, 0.6) is 11.8 Å². The Kier molecular flexibility index (Phi) is 3.59. The number of H-pyrrole nitrogens is 1. The largest absolute Gasteiger partial charge is 0.424 e. The highest BCUT2D eigenvalue weighted by Crippen LogP contribution is 2.31. The number of aromatic nitrogens is 4. The van der Waals surface area contributed by atoms with Crippen molar-refractivity contribution in [3.8, 4) is 23.0 Å². The van der Waals surface area contributed by atoms with Crippen LogP contribution in [0.25, 0.3) is 22.3 Å². The second kappa shape index (κ2) is 5.90. The number of aromatic amines is 1. The molecule has 2 aromatic heterocycles. The van der Waals surface area contributed by atoms with Gasteiger partial charge in [0, 0.05) is 22.8 Å². The normalized spacial score (nSPS) is 10.9. The summed E-state index contributed by atoms with van der Waals surface area (Å²) in [6.45, 7) is 0. The highest BCUT2D eigenvalue weighted by Gasteiger charge is 2.13. The number of rotatable bonds is 3. The Labute approximate surface area is 141 Å². The maximum atomic E-state index is 13.2. The van der Waals surface area contributed by atoms with Gasteiger partial charge in [0.15, 0.2) is 5.65 Å². The highest BCUT2D eigenvalue weighted by molar-refractivity contribution is 6.33. The number of benzene rings is 2. The average Bonchev–Trinajstić information content (AvgIpc) is 2.98. The smallest absolute Gasteiger partial charge is 0.324 e. The molecule has 0 spiro atoms. The van der Waals surface area contributed by atoms with Crippen molar-refractivity contribution in [2.45, 2.75) is 0 Å². The summed E-state index contributed by atoms with van der Waals surface area (Å²) < 4.78 is 18.7. The predicted octanol–water partition coefficient (Wildman–Crippen LogP) is 4.60. The zero-order valence-electron chi connectivity index (χ0n) is 12.2. The van der Waals surface area contributed by atoms with Crippen molar-refractivity contribution in [1.82, 2.24) is 20.2 Å². The molecule has 0 radical (unpaired) electrons. The number of nitrogens with one attached hydrogen (secondary N) is 1. The molecule has 24 heavy (non-hydrogen) atoms. The molecular weight excluding hydrogens is 331 g/mol. The Morgan fingerprint density at radius 3 is 2.79 bits per heavy atom. The van der Waals surface area contributed by atoms with E-state index in [1.807, 2.05) is 18.2 Å². The lowest BCUT2D eigenvalue weighted by Crippen LogP contribution is -1.92. The van der Waals surface area contributed by atoms with E-state index >= 15 is 0 Å². The Morgan fingerprint density at radius 1 is 1.08 bits per heavy atom. The minimum absolute atomic E-state index is 0.0882. The summed E-state index contributed by atoms with van der Waals surface area (Å²) in [5.41, 5.74) is 1.98. The molecule has 2 aromatic carbocycles. The first-order valence-corrected chi connectivity index (χ1v) is 7.48. The van der Waals surface area contributed by atoms with Crippen LogP contribution in [0.1, 0.15) is 0 Å². The summed E-state index contributed by atoms with van der Waals surface area (Å²) in [6, 6.07) is 13.3. The summed E-state index contributed by atoms with van der Waals surface area (Å²) >= 11 is 6.22. The second-order valence-electron chi connectivity index (χ2n) is 5.03. The molecule has 4 aromatic rings. The van der Waals surface area contributed by atoms with Gasteiger partial charge >= 0.3 is 6.01 Å². The molecule has 0 saturated heterocycles. The van der Waals surface area contributed by atoms with Crippen LogP contribution in [-0.4, -0.2) is 20.2 Å². The van der Waals surface area contributed by atoms with Gasteiger partial charge in [-0.3, -0.25) is 5.10 Å². The summed E-state index contributed by atoms with van der Waals surface area (Å²) in [7, 11) is 0. The first kappa shape index (κ1) is 14.6. The van der Waals surface area contributed by atoms with Crippen LogP contribution < -0.4 is 4.74 Å². The molecule has 0 unspecified atom stereocenters. The van der Waals surface area contributed by atoms with Crippen molar-refractivity contribution >= 4 is 22.6 Å². The van der Waals surface area contributed by atoms with E-state index in [1.165, 1.54) is 12.1 Å². The summed E-state index contributed by atoms with van der Waals surface area (Å²) in [4.78, 5) is 8.40. The van der Waals surface area contributed by atoms with Crippen molar-refractivity contribution in [2.75, 3.05) is 0 Å². The van der Waals surface area contributed by atoms with Gasteiger partial charge in [-0.05, 0) is 18.2 Å². The minimum Gasteiger partial charge on any atom is -0.424 e. The van der Waals surface area contributed by atoms with E-state index in [-0.39, 0.29) is 6.01 Å². The molecule has 0 amide bonds. The van der Waals surface area contributed by atoms with Gasteiger partial charge in [0.05, 0.1) is 11.1 Å². The van der Waals surface area contributed by atoms with Crippen LogP contribution in [0.2, 0.25) is 5.02 Å². The van der Waals surface area contributed by atoms with Gasteiger partial charge in [-0.2, -0.15) is 10.1 Å². The van der Waals surface area contributed by atoms with Gasteiger partial charge in [-0.25, -0.2) is 9.37 Å². The lowest BCUT2D eigenvalue weighted by atomic mass is 10.1. The Balaban J connectivity index is 1.72. The fraction of sp³-hybridized carbons (Fsp3) is 0. The van der Waals surface area contributed by atoms with E-state index in [9.17, 15) is 4.39 Å². The van der Waals surface area contributed by atoms with Crippen molar-refractivity contribution in [2.24, 2.45) is 0 Å². The third kappa shape index (κ3) is 2.68. The average molecular weight is 341 g/mol. The third-order valence-electron chi connectivity index (χ3n) is 3.44. The second-order valence-corrected chi connectivity index (χ2v) is 5.43. The van der Waals surface area contributed by atoms with Crippen LogP contribution in [-0.2, 0) is 0 Å². The zero-order valence-corrected chi connectivity index (χ0v) is 13.0. The van der Waals surface area contributed by atoms with Gasteiger partial charge in [0.25, 0.3) is 0 Å². The topological polar surface area (TPSA) is 63.7 Å². The molecule has 7 heteroatoms. The van der Waals surface area contributed by atoms with Crippen molar-refractivity contribution in [3.63, 3.8) is 0 Å². The van der Waals surface area contributed by atoms with Gasteiger partial charge in [-0.15, -0.1) is 0 Å². The molecule has 118 valence electrons. The van der Waals surface area contributed by atoms with Crippen molar-refractivity contribution in [1.29, 1.82) is 0 Å². The van der Waals surface area contributed by atoms with Gasteiger partial charge in [0.1, 0.15) is 11.6 Å². The number of ether oxygens (including phenoxy) is 1. The number of hydrogen-bond donors (Lipinski definition) is 1. The fourth-order valence-corrected chi connectivity index (χ4v) is 2.57. The van der Waals surface area contributed by atoms with Crippen molar-refractivity contribution < 1.29 is 9.13 Å². The van der Waals surface area contributed by atoms with E-state index in [0.29, 0.717) is 16.4 Å². The molecule has 0 aliphatic heterocycles. The third-order valence-corrected chi connectivity index (χ3v) is 3.77. The van der Waals surface area contributed by atoms with E-state index in [4.69, 9.17) is 16.3 Å². The molecule has 0 aliphatic rings. The molecule has 1 N–H and O–H groups in total. The molecule has 0 atom stereocenters. The van der Waals surface area contributed by atoms with Crippen LogP contribution >= 0.6 is 11.6 Å². The summed E-state index contributed by atoms with van der Waals surface area (Å²) in [6.07, 6.45) is 1.60. The Hall–Kier alpha value is -2.99. The molecule has 5 nitrogen and oxygen atoms in total. The molecule has 0 aliphatic carbocycles. The Bertz CT molecular complexity index is 1030. The molecule has 4 rings (SSSR count). The lowest BCUT2D eigenvalue weighted by Gasteiger charge is -2.04. The quantitative estimate of drug-likeness (QED) is 0.591. The molecule has 0 bridgehead atoms. The first-order valence-electron chi connectivity index (χ1n) is 7.10. The molecule has 0 fully saturated rings. The Morgan fingerprint density at radius 2 is 1.96 bits per heavy atom. The number of fused-ring (bicyclic) bond motifs is 1. The maximum absolute atomic E-state index is 13.2. The van der Waals surface area contributed by atoms with Gasteiger partial charge in [0.2, 0.25) is 0 Å². The van der Waals surface area contributed by atoms with Crippen molar-refractivity contribution in [3.05, 3.63) is 65.6 Å². The van der Waals surface area contributed by atoms with E-state index in [2.05, 4.69) is 20.2 Å². The van der Waals surface area contributed by atoms with Crippen LogP contribution in [0.15, 0.2) is 54.7 Å². The zero-order chi connectivity index (χ0) is 16.5. The number of nitrogens with zero attached hydrogens (tertiary/aromatic N) is 3. The minimum atomic E-state index is -0.394. The van der Waals surface area contributed by atoms with Crippen LogP contribution in [0.3, 0.4) is 0 Å². The molecular formula is C17H10ClFN4O. The molecule has 2 heterocycles. The fourth-order valence-electron chi connectivity index (χ4n) is 2.34. The number of hydrogen-bond acceptors (Lipinski definition) is 4. The van der Waals surface area contributed by atoms with Crippen LogP contribution in [0, 0.1) is 5.82 Å². The summed E-state index contributed by atoms with van der Waals surface area (Å²) in [5, 5.41) is 8.40. The number of halogens is 2. The van der Waals surface area contributed by atoms with E-state index < -0.39 is 5.82 Å².